The van der Waals surface area contributed by atoms with Gasteiger partial charge in [0, 0.05) is 29.1 Å². The number of Topliss-reactive ketones (excluding diaryl/α,β-unsaturated/α-hetero) is 1. The van der Waals surface area contributed by atoms with Crippen LogP contribution in [0.3, 0.4) is 0 Å². The van der Waals surface area contributed by atoms with Crippen LogP contribution < -0.4 is 5.32 Å². The van der Waals surface area contributed by atoms with Crippen molar-refractivity contribution in [2.45, 2.75) is 19.0 Å². The maximum atomic E-state index is 12.6. The van der Waals surface area contributed by atoms with Gasteiger partial charge in [-0.1, -0.05) is 17.7 Å². The van der Waals surface area contributed by atoms with E-state index in [-0.39, 0.29) is 24.3 Å². The summed E-state index contributed by atoms with van der Waals surface area (Å²) in [6.45, 7) is 0. The van der Waals surface area contributed by atoms with Crippen LogP contribution >= 0.6 is 11.6 Å². The summed E-state index contributed by atoms with van der Waals surface area (Å²) in [4.78, 5) is 23.7. The number of nitrogens with one attached hydrogen (secondary N) is 1. The van der Waals surface area contributed by atoms with E-state index in [1.807, 2.05) is 0 Å². The molecule has 24 heavy (non-hydrogen) atoms. The lowest BCUT2D eigenvalue weighted by Crippen LogP contribution is -2.14. The molecular formula is C17H13ClF3NO2. The molecule has 126 valence electrons. The SMILES string of the molecule is O=C(CCC(=O)c1ccc(Cl)cc1)Nc1cccc(C(F)(F)F)c1. The Bertz CT molecular complexity index is 742. The number of rotatable bonds is 5. The molecule has 0 aliphatic carbocycles. The third-order valence-electron chi connectivity index (χ3n) is 3.22. The van der Waals surface area contributed by atoms with E-state index in [0.29, 0.717) is 10.6 Å². The number of alkyl halides is 3. The van der Waals surface area contributed by atoms with Gasteiger partial charge in [0.1, 0.15) is 0 Å². The van der Waals surface area contributed by atoms with Gasteiger partial charge in [-0.2, -0.15) is 13.2 Å². The molecule has 1 amide bonds. The molecule has 0 atom stereocenters. The van der Waals surface area contributed by atoms with Crippen LogP contribution in [0.1, 0.15) is 28.8 Å². The molecule has 0 spiro atoms. The summed E-state index contributed by atoms with van der Waals surface area (Å²) in [6, 6.07) is 10.6. The van der Waals surface area contributed by atoms with Crippen LogP contribution in [-0.2, 0) is 11.0 Å². The first-order chi connectivity index (χ1) is 11.3. The van der Waals surface area contributed by atoms with Crippen LogP contribution in [0.25, 0.3) is 0 Å². The van der Waals surface area contributed by atoms with E-state index < -0.39 is 17.6 Å². The van der Waals surface area contributed by atoms with Crippen LogP contribution in [0, 0.1) is 0 Å². The molecule has 0 unspecified atom stereocenters. The molecule has 0 saturated carbocycles. The number of carbonyl (C=O) groups excluding carboxylic acids is 2. The van der Waals surface area contributed by atoms with Crippen molar-refractivity contribution < 1.29 is 22.8 Å². The number of halogens is 4. The summed E-state index contributed by atoms with van der Waals surface area (Å²) < 4.78 is 37.8. The highest BCUT2D eigenvalue weighted by atomic mass is 35.5. The lowest BCUT2D eigenvalue weighted by atomic mass is 10.1. The van der Waals surface area contributed by atoms with Crippen LogP contribution in [0.15, 0.2) is 48.5 Å². The molecule has 0 bridgehead atoms. The van der Waals surface area contributed by atoms with E-state index in [1.165, 1.54) is 12.1 Å². The van der Waals surface area contributed by atoms with Crippen molar-refractivity contribution in [3.8, 4) is 0 Å². The summed E-state index contributed by atoms with van der Waals surface area (Å²) in [5.74, 6) is -0.775. The minimum absolute atomic E-state index is 0.0359. The van der Waals surface area contributed by atoms with Gasteiger partial charge in [-0.15, -0.1) is 0 Å². The molecule has 0 aliphatic rings. The van der Waals surface area contributed by atoms with Gasteiger partial charge in [0.15, 0.2) is 5.78 Å². The van der Waals surface area contributed by atoms with Crippen molar-refractivity contribution in [2.24, 2.45) is 0 Å². The topological polar surface area (TPSA) is 46.2 Å². The molecule has 2 rings (SSSR count). The normalized spacial score (nSPS) is 11.2. The Labute approximate surface area is 141 Å². The summed E-state index contributed by atoms with van der Waals surface area (Å²) in [6.07, 6.45) is -4.66. The van der Waals surface area contributed by atoms with Crippen LogP contribution in [-0.4, -0.2) is 11.7 Å². The Kier molecular flexibility index (Phi) is 5.62. The first-order valence-corrected chi connectivity index (χ1v) is 7.39. The Morgan fingerprint density at radius 2 is 1.67 bits per heavy atom. The average molecular weight is 356 g/mol. The van der Waals surface area contributed by atoms with Gasteiger partial charge in [0.05, 0.1) is 5.56 Å². The number of benzene rings is 2. The van der Waals surface area contributed by atoms with Crippen LogP contribution in [0.5, 0.6) is 0 Å². The molecule has 2 aromatic rings. The third kappa shape index (κ3) is 5.09. The van der Waals surface area contributed by atoms with Crippen molar-refractivity contribution in [3.63, 3.8) is 0 Å². The van der Waals surface area contributed by atoms with Gasteiger partial charge < -0.3 is 5.32 Å². The fraction of sp³-hybridized carbons (Fsp3) is 0.176. The smallest absolute Gasteiger partial charge is 0.326 e. The third-order valence-corrected chi connectivity index (χ3v) is 3.47. The maximum Gasteiger partial charge on any atom is 0.416 e. The van der Waals surface area contributed by atoms with Crippen LogP contribution in [0.2, 0.25) is 5.02 Å². The molecule has 2 aromatic carbocycles. The van der Waals surface area contributed by atoms with Crippen molar-refractivity contribution in [1.29, 1.82) is 0 Å². The number of anilines is 1. The zero-order valence-electron chi connectivity index (χ0n) is 12.4. The quantitative estimate of drug-likeness (QED) is 0.770. The number of ketones is 1. The molecule has 0 aliphatic heterocycles. The summed E-state index contributed by atoms with van der Waals surface area (Å²) >= 11 is 5.72. The van der Waals surface area contributed by atoms with Gasteiger partial charge in [-0.3, -0.25) is 9.59 Å². The predicted octanol–water partition coefficient (Wildman–Crippen LogP) is 4.96. The first kappa shape index (κ1) is 18.0. The largest absolute Gasteiger partial charge is 0.416 e. The maximum absolute atomic E-state index is 12.6. The number of hydrogen-bond acceptors (Lipinski definition) is 2. The molecule has 7 heteroatoms. The van der Waals surface area contributed by atoms with Crippen molar-refractivity contribution >= 4 is 29.0 Å². The number of carbonyl (C=O) groups is 2. The highest BCUT2D eigenvalue weighted by Crippen LogP contribution is 2.30. The molecule has 0 aromatic heterocycles. The molecule has 0 heterocycles. The Hall–Kier alpha value is -2.34. The molecule has 0 fully saturated rings. The summed E-state index contributed by atoms with van der Waals surface area (Å²) in [7, 11) is 0. The monoisotopic (exact) mass is 355 g/mol. The fourth-order valence-electron chi connectivity index (χ4n) is 2.00. The molecule has 0 radical (unpaired) electrons. The zero-order chi connectivity index (χ0) is 17.7. The highest BCUT2D eigenvalue weighted by Gasteiger charge is 2.30. The Balaban J connectivity index is 1.92. The highest BCUT2D eigenvalue weighted by molar-refractivity contribution is 6.30. The van der Waals surface area contributed by atoms with E-state index in [0.717, 1.165) is 12.1 Å². The second-order valence-corrected chi connectivity index (χ2v) is 5.49. The molecule has 3 nitrogen and oxygen atoms in total. The fourth-order valence-corrected chi connectivity index (χ4v) is 2.13. The van der Waals surface area contributed by atoms with E-state index >= 15 is 0 Å². The molecular weight excluding hydrogens is 343 g/mol. The van der Waals surface area contributed by atoms with Gasteiger partial charge in [0.2, 0.25) is 5.91 Å². The van der Waals surface area contributed by atoms with Crippen molar-refractivity contribution in [1.82, 2.24) is 0 Å². The lowest BCUT2D eigenvalue weighted by Gasteiger charge is -2.09. The van der Waals surface area contributed by atoms with Crippen LogP contribution in [0.4, 0.5) is 18.9 Å². The minimum Gasteiger partial charge on any atom is -0.326 e. The zero-order valence-corrected chi connectivity index (χ0v) is 13.1. The molecule has 0 saturated heterocycles. The number of hydrogen-bond donors (Lipinski definition) is 1. The van der Waals surface area contributed by atoms with Gasteiger partial charge >= 0.3 is 6.18 Å². The first-order valence-electron chi connectivity index (χ1n) is 7.01. The van der Waals surface area contributed by atoms with E-state index in [1.54, 1.807) is 24.3 Å². The Morgan fingerprint density at radius 1 is 1.00 bits per heavy atom. The van der Waals surface area contributed by atoms with Gasteiger partial charge in [-0.05, 0) is 42.5 Å². The second kappa shape index (κ2) is 7.49. The summed E-state index contributed by atoms with van der Waals surface area (Å²) in [5, 5.41) is 2.85. The standard InChI is InChI=1S/C17H13ClF3NO2/c18-13-6-4-11(5-7-13)15(23)8-9-16(24)22-14-3-1-2-12(10-14)17(19,20)21/h1-7,10H,8-9H2,(H,22,24). The number of amides is 1. The van der Waals surface area contributed by atoms with E-state index in [2.05, 4.69) is 5.32 Å². The minimum atomic E-state index is -4.48. The second-order valence-electron chi connectivity index (χ2n) is 5.06. The van der Waals surface area contributed by atoms with E-state index in [9.17, 15) is 22.8 Å². The van der Waals surface area contributed by atoms with Crippen molar-refractivity contribution in [2.75, 3.05) is 5.32 Å². The van der Waals surface area contributed by atoms with Crippen molar-refractivity contribution in [3.05, 3.63) is 64.7 Å². The molecule has 1 N–H and O–H groups in total. The lowest BCUT2D eigenvalue weighted by molar-refractivity contribution is -0.137. The predicted molar refractivity (Wildman–Crippen MR) is 85.1 cm³/mol. The van der Waals surface area contributed by atoms with Gasteiger partial charge in [0.25, 0.3) is 0 Å². The average Bonchev–Trinajstić information content (AvgIpc) is 2.53. The Morgan fingerprint density at radius 3 is 2.29 bits per heavy atom. The van der Waals surface area contributed by atoms with Gasteiger partial charge in [-0.25, -0.2) is 0 Å². The summed E-state index contributed by atoms with van der Waals surface area (Å²) in [5.41, 5.74) is -0.391. The van der Waals surface area contributed by atoms with E-state index in [4.69, 9.17) is 11.6 Å².